The van der Waals surface area contributed by atoms with Crippen molar-refractivity contribution in [2.45, 2.75) is 39.5 Å². The van der Waals surface area contributed by atoms with Crippen molar-refractivity contribution in [3.63, 3.8) is 0 Å². The minimum Gasteiger partial charge on any atom is -0.236 e. The molecule has 0 aromatic heterocycles. The van der Waals surface area contributed by atoms with Crippen LogP contribution in [-0.4, -0.2) is 12.8 Å². The Balaban J connectivity index is 3.15. The maximum Gasteiger partial charge on any atom is 0.397 e. The molecule has 108 valence electrons. The van der Waals surface area contributed by atoms with Crippen molar-refractivity contribution in [2.24, 2.45) is 5.41 Å². The highest BCUT2D eigenvalue weighted by atomic mass is 19.4. The maximum atomic E-state index is 13.3. The Labute approximate surface area is 111 Å². The van der Waals surface area contributed by atoms with Gasteiger partial charge >= 0.3 is 6.18 Å². The summed E-state index contributed by atoms with van der Waals surface area (Å²) in [6.45, 7) is 4.52. The maximum absolute atomic E-state index is 13.3. The van der Waals surface area contributed by atoms with Gasteiger partial charge in [0.05, 0.1) is 12.0 Å². The van der Waals surface area contributed by atoms with Crippen LogP contribution in [0.3, 0.4) is 0 Å². The zero-order valence-corrected chi connectivity index (χ0v) is 11.3. The minimum atomic E-state index is -4.38. The van der Waals surface area contributed by atoms with E-state index in [0.717, 1.165) is 6.92 Å². The molecule has 1 rings (SSSR count). The highest BCUT2D eigenvalue weighted by molar-refractivity contribution is 5.20. The lowest BCUT2D eigenvalue weighted by molar-refractivity contribution is -0.376. The number of rotatable bonds is 6. The van der Waals surface area contributed by atoms with Crippen LogP contribution in [0.15, 0.2) is 30.3 Å². The lowest BCUT2D eigenvalue weighted by Crippen LogP contribution is -2.41. The average Bonchev–Trinajstić information content (AvgIpc) is 2.38. The van der Waals surface area contributed by atoms with Crippen LogP contribution >= 0.6 is 0 Å². The van der Waals surface area contributed by atoms with E-state index >= 15 is 0 Å². The van der Waals surface area contributed by atoms with E-state index in [1.165, 1.54) is 6.92 Å². The Morgan fingerprint density at radius 1 is 1.11 bits per heavy atom. The van der Waals surface area contributed by atoms with Crippen LogP contribution in [0.25, 0.3) is 0 Å². The summed E-state index contributed by atoms with van der Waals surface area (Å²) < 4.78 is 40.0. The Kier molecular flexibility index (Phi) is 5.38. The molecule has 0 fully saturated rings. The Hall–Kier alpha value is -1.07. The molecule has 1 aromatic rings. The van der Waals surface area contributed by atoms with Gasteiger partial charge in [0.25, 0.3) is 0 Å². The van der Waals surface area contributed by atoms with Gasteiger partial charge in [-0.3, -0.25) is 0 Å². The molecule has 0 aliphatic carbocycles. The third-order valence-corrected chi connectivity index (χ3v) is 3.35. The smallest absolute Gasteiger partial charge is 0.236 e. The van der Waals surface area contributed by atoms with Crippen molar-refractivity contribution < 1.29 is 22.9 Å². The lowest BCUT2D eigenvalue weighted by Gasteiger charge is -2.37. The molecule has 0 spiro atoms. The van der Waals surface area contributed by atoms with E-state index in [9.17, 15) is 13.2 Å². The Morgan fingerprint density at radius 3 is 2.11 bits per heavy atom. The zero-order valence-electron chi connectivity index (χ0n) is 11.3. The molecule has 0 aliphatic heterocycles. The predicted molar refractivity (Wildman–Crippen MR) is 66.3 cm³/mol. The molecule has 2 unspecified atom stereocenters. The van der Waals surface area contributed by atoms with Crippen molar-refractivity contribution in [3.05, 3.63) is 35.9 Å². The molecule has 0 amide bonds. The molecule has 2 nitrogen and oxygen atoms in total. The molecule has 0 bridgehead atoms. The van der Waals surface area contributed by atoms with Crippen molar-refractivity contribution >= 4 is 0 Å². The Morgan fingerprint density at radius 2 is 1.68 bits per heavy atom. The van der Waals surface area contributed by atoms with Crippen LogP contribution in [-0.2, 0) is 9.78 Å². The summed E-state index contributed by atoms with van der Waals surface area (Å²) in [4.78, 5) is 9.83. The lowest BCUT2D eigenvalue weighted by atomic mass is 9.77. The molecule has 0 saturated heterocycles. The monoisotopic (exact) mass is 276 g/mol. The number of halogens is 3. The Bertz CT molecular complexity index is 378. The standard InChI is InChI=1S/C14H19F3O2/c1-4-13(3,14(15,16)17)12(19-18-5-2)11-9-7-6-8-10-11/h6-10,12H,4-5H2,1-3H3. The molecule has 0 N–H and O–H groups in total. The van der Waals surface area contributed by atoms with E-state index in [1.807, 2.05) is 0 Å². The average molecular weight is 276 g/mol. The first kappa shape index (κ1) is 16.0. The van der Waals surface area contributed by atoms with Crippen molar-refractivity contribution in [2.75, 3.05) is 6.61 Å². The topological polar surface area (TPSA) is 18.5 Å². The molecule has 19 heavy (non-hydrogen) atoms. The third-order valence-electron chi connectivity index (χ3n) is 3.35. The molecule has 5 heteroatoms. The van der Waals surface area contributed by atoms with Gasteiger partial charge in [0.2, 0.25) is 0 Å². The summed E-state index contributed by atoms with van der Waals surface area (Å²) in [6, 6.07) is 8.35. The van der Waals surface area contributed by atoms with Gasteiger partial charge in [0.1, 0.15) is 6.10 Å². The molecule has 0 saturated carbocycles. The minimum absolute atomic E-state index is 0.0941. The third kappa shape index (κ3) is 3.48. The predicted octanol–water partition coefficient (Wildman–Crippen LogP) is 4.67. The molecule has 2 atom stereocenters. The first-order chi connectivity index (χ1) is 8.86. The number of benzene rings is 1. The second-order valence-corrected chi connectivity index (χ2v) is 4.56. The number of alkyl halides is 3. The van der Waals surface area contributed by atoms with Gasteiger partial charge in [-0.2, -0.15) is 13.2 Å². The van der Waals surface area contributed by atoms with E-state index in [4.69, 9.17) is 9.78 Å². The van der Waals surface area contributed by atoms with Crippen LogP contribution in [0.1, 0.15) is 38.9 Å². The van der Waals surface area contributed by atoms with E-state index in [-0.39, 0.29) is 13.0 Å². The zero-order chi connectivity index (χ0) is 14.5. The summed E-state index contributed by atoms with van der Waals surface area (Å²) in [6.07, 6.45) is -5.65. The summed E-state index contributed by atoms with van der Waals surface area (Å²) in [5, 5.41) is 0. The fourth-order valence-electron chi connectivity index (χ4n) is 1.83. The van der Waals surface area contributed by atoms with Crippen LogP contribution < -0.4 is 0 Å². The van der Waals surface area contributed by atoms with E-state index in [2.05, 4.69) is 0 Å². The molecular weight excluding hydrogens is 257 g/mol. The van der Waals surface area contributed by atoms with Crippen LogP contribution in [0.5, 0.6) is 0 Å². The molecule has 1 aromatic carbocycles. The van der Waals surface area contributed by atoms with Crippen LogP contribution in [0.2, 0.25) is 0 Å². The molecular formula is C14H19F3O2. The highest BCUT2D eigenvalue weighted by Crippen LogP contribution is 2.51. The van der Waals surface area contributed by atoms with Gasteiger partial charge < -0.3 is 0 Å². The fraction of sp³-hybridized carbons (Fsp3) is 0.571. The fourth-order valence-corrected chi connectivity index (χ4v) is 1.83. The van der Waals surface area contributed by atoms with Crippen LogP contribution in [0, 0.1) is 5.41 Å². The van der Waals surface area contributed by atoms with Crippen molar-refractivity contribution in [3.8, 4) is 0 Å². The van der Waals surface area contributed by atoms with Crippen molar-refractivity contribution in [1.82, 2.24) is 0 Å². The quantitative estimate of drug-likeness (QED) is 0.555. The van der Waals surface area contributed by atoms with Gasteiger partial charge in [-0.25, -0.2) is 9.78 Å². The summed E-state index contributed by atoms with van der Waals surface area (Å²) in [5.41, 5.74) is -1.54. The highest BCUT2D eigenvalue weighted by Gasteiger charge is 2.56. The first-order valence-corrected chi connectivity index (χ1v) is 6.26. The van der Waals surface area contributed by atoms with Gasteiger partial charge in [0.15, 0.2) is 0 Å². The van der Waals surface area contributed by atoms with E-state index in [1.54, 1.807) is 37.3 Å². The van der Waals surface area contributed by atoms with Crippen molar-refractivity contribution in [1.29, 1.82) is 0 Å². The van der Waals surface area contributed by atoms with Gasteiger partial charge in [-0.1, -0.05) is 37.3 Å². The van der Waals surface area contributed by atoms with Crippen LogP contribution in [0.4, 0.5) is 13.2 Å². The van der Waals surface area contributed by atoms with Gasteiger partial charge in [-0.15, -0.1) is 0 Å². The van der Waals surface area contributed by atoms with E-state index < -0.39 is 17.7 Å². The second kappa shape index (κ2) is 6.39. The summed E-state index contributed by atoms with van der Waals surface area (Å²) in [7, 11) is 0. The molecule has 0 radical (unpaired) electrons. The molecule has 0 heterocycles. The largest absolute Gasteiger partial charge is 0.397 e. The number of hydrogen-bond donors (Lipinski definition) is 0. The summed E-state index contributed by atoms with van der Waals surface area (Å²) >= 11 is 0. The second-order valence-electron chi connectivity index (χ2n) is 4.56. The summed E-state index contributed by atoms with van der Waals surface area (Å²) in [5.74, 6) is 0. The SMILES string of the molecule is CCOOC(c1ccccc1)C(C)(CC)C(F)(F)F. The van der Waals surface area contributed by atoms with Gasteiger partial charge in [-0.05, 0) is 25.8 Å². The first-order valence-electron chi connectivity index (χ1n) is 6.26. The molecule has 0 aliphatic rings. The van der Waals surface area contributed by atoms with Gasteiger partial charge in [0, 0.05) is 0 Å². The van der Waals surface area contributed by atoms with E-state index in [0.29, 0.717) is 5.56 Å². The normalized spacial score (nSPS) is 16.9. The number of hydrogen-bond acceptors (Lipinski definition) is 2.